The lowest BCUT2D eigenvalue weighted by atomic mass is 10.1. The van der Waals surface area contributed by atoms with E-state index < -0.39 is 0 Å². The molecule has 0 aromatic rings. The average Bonchev–Trinajstić information content (AvgIpc) is 2.68. The largest absolute Gasteiger partial charge is 0.469 e. The van der Waals surface area contributed by atoms with Crippen molar-refractivity contribution < 1.29 is 19.3 Å². The second-order valence-electron chi connectivity index (χ2n) is 7.00. The van der Waals surface area contributed by atoms with Gasteiger partial charge in [0.2, 0.25) is 0 Å². The van der Waals surface area contributed by atoms with Gasteiger partial charge in [0.05, 0.1) is 13.7 Å². The molecule has 0 saturated heterocycles. The maximum absolute atomic E-state index is 11.1. The molecule has 0 radical (unpaired) electrons. The highest BCUT2D eigenvalue weighted by Gasteiger charge is 2.06. The van der Waals surface area contributed by atoms with Crippen LogP contribution in [-0.2, 0) is 19.3 Å². The summed E-state index contributed by atoms with van der Waals surface area (Å²) in [4.78, 5) is 22.0. The summed E-state index contributed by atoms with van der Waals surface area (Å²) in [5.41, 5.74) is 0. The Kier molecular flexibility index (Phi) is 20.3. The molecule has 0 bridgehead atoms. The monoisotopic (exact) mass is 382 g/mol. The first-order valence-electron chi connectivity index (χ1n) is 10.9. The molecule has 0 aliphatic rings. The highest BCUT2D eigenvalue weighted by molar-refractivity contribution is 5.68. The molecule has 0 spiro atoms. The van der Waals surface area contributed by atoms with E-state index >= 15 is 0 Å². The molecule has 0 rings (SSSR count). The van der Waals surface area contributed by atoms with Crippen LogP contribution < -0.4 is 0 Å². The Bertz CT molecular complexity index is 377. The lowest BCUT2D eigenvalue weighted by Gasteiger charge is -2.13. The number of esters is 1. The number of ether oxygens (including phenoxy) is 1. The van der Waals surface area contributed by atoms with Crippen LogP contribution in [-0.4, -0.2) is 25.8 Å². The van der Waals surface area contributed by atoms with Gasteiger partial charge in [-0.3, -0.25) is 4.79 Å². The van der Waals surface area contributed by atoms with Crippen LogP contribution in [0.4, 0.5) is 0 Å². The summed E-state index contributed by atoms with van der Waals surface area (Å²) in [6.45, 7) is 5.02. The van der Waals surface area contributed by atoms with Crippen LogP contribution in [0.1, 0.15) is 97.3 Å². The fourth-order valence-corrected chi connectivity index (χ4v) is 2.64. The SMILES string of the molecule is CCCCC/C=C/C=C/C(CCCCCCCC(=O)OC)OOCCCC. The van der Waals surface area contributed by atoms with Crippen molar-refractivity contribution in [3.8, 4) is 0 Å². The van der Waals surface area contributed by atoms with Gasteiger partial charge in [-0.1, -0.05) is 83.1 Å². The molecule has 0 N–H and O–H groups in total. The van der Waals surface area contributed by atoms with E-state index in [-0.39, 0.29) is 12.1 Å². The second-order valence-corrected chi connectivity index (χ2v) is 7.00. The van der Waals surface area contributed by atoms with Gasteiger partial charge in [-0.15, -0.1) is 0 Å². The van der Waals surface area contributed by atoms with E-state index in [1.54, 1.807) is 0 Å². The van der Waals surface area contributed by atoms with Crippen LogP contribution in [0.25, 0.3) is 0 Å². The van der Waals surface area contributed by atoms with Crippen molar-refractivity contribution in [1.29, 1.82) is 0 Å². The topological polar surface area (TPSA) is 44.8 Å². The van der Waals surface area contributed by atoms with Gasteiger partial charge in [-0.25, -0.2) is 9.78 Å². The van der Waals surface area contributed by atoms with Crippen LogP contribution in [0.2, 0.25) is 0 Å². The highest BCUT2D eigenvalue weighted by Crippen LogP contribution is 2.12. The Labute approximate surface area is 167 Å². The van der Waals surface area contributed by atoms with Gasteiger partial charge in [-0.05, 0) is 32.1 Å². The number of carbonyl (C=O) groups excluding carboxylic acids is 1. The first-order valence-corrected chi connectivity index (χ1v) is 10.9. The molecule has 0 saturated carbocycles. The van der Waals surface area contributed by atoms with Gasteiger partial charge in [0.1, 0.15) is 6.10 Å². The second kappa shape index (κ2) is 21.2. The zero-order valence-corrected chi connectivity index (χ0v) is 17.9. The van der Waals surface area contributed by atoms with Crippen molar-refractivity contribution >= 4 is 5.97 Å². The number of unbranched alkanes of at least 4 members (excludes halogenated alkanes) is 8. The summed E-state index contributed by atoms with van der Waals surface area (Å²) in [5, 5.41) is 0. The zero-order chi connectivity index (χ0) is 20.0. The highest BCUT2D eigenvalue weighted by atomic mass is 17.2. The molecule has 0 heterocycles. The molecule has 4 nitrogen and oxygen atoms in total. The number of carbonyl (C=O) groups is 1. The Morgan fingerprint density at radius 2 is 1.63 bits per heavy atom. The molecule has 1 unspecified atom stereocenters. The fourth-order valence-electron chi connectivity index (χ4n) is 2.64. The van der Waals surface area contributed by atoms with Crippen LogP contribution in [0.5, 0.6) is 0 Å². The molecule has 4 heteroatoms. The predicted molar refractivity (Wildman–Crippen MR) is 112 cm³/mol. The number of allylic oxidation sites excluding steroid dienone is 3. The minimum Gasteiger partial charge on any atom is -0.469 e. The predicted octanol–water partition coefficient (Wildman–Crippen LogP) is 6.70. The van der Waals surface area contributed by atoms with Crippen LogP contribution in [0, 0.1) is 0 Å². The number of rotatable bonds is 19. The minimum atomic E-state index is -0.111. The number of hydrogen-bond acceptors (Lipinski definition) is 4. The van der Waals surface area contributed by atoms with Crippen LogP contribution >= 0.6 is 0 Å². The van der Waals surface area contributed by atoms with E-state index in [9.17, 15) is 4.79 Å². The standard InChI is InChI=1S/C23H42O4/c1-4-6-8-9-10-12-15-18-22(27-26-21-7-5-2)19-16-13-11-14-17-20-23(24)25-3/h10,12,15,18,22H,4-9,11,13-14,16-17,19-21H2,1-3H3/b12-10+,18-15+. The molecule has 0 aliphatic carbocycles. The van der Waals surface area contributed by atoms with Gasteiger partial charge in [0.25, 0.3) is 0 Å². The van der Waals surface area contributed by atoms with Gasteiger partial charge < -0.3 is 4.74 Å². The Morgan fingerprint density at radius 1 is 0.889 bits per heavy atom. The van der Waals surface area contributed by atoms with Crippen molar-refractivity contribution in [2.24, 2.45) is 0 Å². The van der Waals surface area contributed by atoms with E-state index in [0.717, 1.165) is 57.8 Å². The van der Waals surface area contributed by atoms with Crippen LogP contribution in [0.3, 0.4) is 0 Å². The average molecular weight is 383 g/mol. The third-order valence-corrected chi connectivity index (χ3v) is 4.42. The van der Waals surface area contributed by atoms with Crippen molar-refractivity contribution in [2.75, 3.05) is 13.7 Å². The van der Waals surface area contributed by atoms with Crippen molar-refractivity contribution in [3.63, 3.8) is 0 Å². The summed E-state index contributed by atoms with van der Waals surface area (Å²) in [6.07, 6.45) is 22.5. The third kappa shape index (κ3) is 19.4. The minimum absolute atomic E-state index is 0.0113. The van der Waals surface area contributed by atoms with E-state index in [0.29, 0.717) is 13.0 Å². The fraction of sp³-hybridized carbons (Fsp3) is 0.783. The summed E-state index contributed by atoms with van der Waals surface area (Å²) >= 11 is 0. The normalized spacial score (nSPS) is 12.9. The maximum atomic E-state index is 11.1. The lowest BCUT2D eigenvalue weighted by Crippen LogP contribution is -2.11. The molecule has 1 atom stereocenters. The van der Waals surface area contributed by atoms with Crippen molar-refractivity contribution in [1.82, 2.24) is 0 Å². The maximum Gasteiger partial charge on any atom is 0.305 e. The van der Waals surface area contributed by atoms with Gasteiger partial charge in [0.15, 0.2) is 0 Å². The summed E-state index contributed by atoms with van der Waals surface area (Å²) in [7, 11) is 1.44. The van der Waals surface area contributed by atoms with Crippen molar-refractivity contribution in [2.45, 2.75) is 103 Å². The molecular weight excluding hydrogens is 340 g/mol. The van der Waals surface area contributed by atoms with Gasteiger partial charge in [0, 0.05) is 6.42 Å². The Hall–Kier alpha value is -1.13. The van der Waals surface area contributed by atoms with E-state index in [1.165, 1.54) is 26.4 Å². The Balaban J connectivity index is 3.98. The molecule has 0 aromatic carbocycles. The zero-order valence-electron chi connectivity index (χ0n) is 17.9. The molecule has 0 aliphatic heterocycles. The van der Waals surface area contributed by atoms with Gasteiger partial charge in [-0.2, -0.15) is 0 Å². The lowest BCUT2D eigenvalue weighted by molar-refractivity contribution is -0.315. The molecule has 27 heavy (non-hydrogen) atoms. The number of methoxy groups -OCH3 is 1. The molecule has 0 amide bonds. The quantitative estimate of drug-likeness (QED) is 0.0819. The molecular formula is C23H42O4. The summed E-state index contributed by atoms with van der Waals surface area (Å²) in [5.74, 6) is -0.111. The summed E-state index contributed by atoms with van der Waals surface area (Å²) in [6, 6.07) is 0. The van der Waals surface area contributed by atoms with Gasteiger partial charge >= 0.3 is 5.97 Å². The molecule has 0 aromatic heterocycles. The van der Waals surface area contributed by atoms with Crippen molar-refractivity contribution in [3.05, 3.63) is 24.3 Å². The smallest absolute Gasteiger partial charge is 0.305 e. The van der Waals surface area contributed by atoms with E-state index in [4.69, 9.17) is 9.78 Å². The molecule has 158 valence electrons. The van der Waals surface area contributed by atoms with E-state index in [2.05, 4.69) is 42.9 Å². The van der Waals surface area contributed by atoms with Crippen LogP contribution in [0.15, 0.2) is 24.3 Å². The Morgan fingerprint density at radius 3 is 2.37 bits per heavy atom. The van der Waals surface area contributed by atoms with E-state index in [1.807, 2.05) is 0 Å². The summed E-state index contributed by atoms with van der Waals surface area (Å²) < 4.78 is 4.66. The first kappa shape index (κ1) is 25.9. The number of hydrogen-bond donors (Lipinski definition) is 0. The molecule has 0 fully saturated rings. The third-order valence-electron chi connectivity index (χ3n) is 4.42. The first-order chi connectivity index (χ1) is 13.2.